The van der Waals surface area contributed by atoms with Crippen LogP contribution in [0, 0.1) is 0 Å². The highest BCUT2D eigenvalue weighted by molar-refractivity contribution is 6.35. The third kappa shape index (κ3) is 2.68. The van der Waals surface area contributed by atoms with Crippen molar-refractivity contribution in [2.75, 3.05) is 31.2 Å². The number of ether oxygens (including phenoxy) is 1. The van der Waals surface area contributed by atoms with Gasteiger partial charge in [0, 0.05) is 25.5 Å². The van der Waals surface area contributed by atoms with Gasteiger partial charge in [-0.15, -0.1) is 0 Å². The van der Waals surface area contributed by atoms with Crippen molar-refractivity contribution in [1.82, 2.24) is 24.5 Å². The van der Waals surface area contributed by atoms with Crippen LogP contribution < -0.4 is 4.90 Å². The van der Waals surface area contributed by atoms with E-state index in [1.54, 1.807) is 29.4 Å². The van der Waals surface area contributed by atoms with Crippen molar-refractivity contribution in [3.8, 4) is 5.95 Å². The van der Waals surface area contributed by atoms with Gasteiger partial charge in [0.05, 0.1) is 30.5 Å². The maximum atomic E-state index is 9.42. The first-order valence-corrected chi connectivity index (χ1v) is 7.93. The minimum Gasteiger partial charge on any atom is -0.390 e. The molecule has 1 saturated heterocycles. The molecule has 8 nitrogen and oxygen atoms in total. The van der Waals surface area contributed by atoms with Gasteiger partial charge < -0.3 is 14.7 Å². The number of aliphatic hydroxyl groups is 1. The molecule has 24 heavy (non-hydrogen) atoms. The first-order valence-electron chi connectivity index (χ1n) is 7.55. The number of anilines is 1. The standard InChI is InChI=1S/C15H15ClN6O2/c16-11-7-10(8-23)18-13-12(11)19-15(22-2-1-17-9-22)20-14(13)21-3-5-24-6-4-21/h1-2,7,9,23H,3-6,8H2. The number of morpholine rings is 1. The summed E-state index contributed by atoms with van der Waals surface area (Å²) in [6, 6.07) is 1.62. The van der Waals surface area contributed by atoms with Crippen LogP contribution >= 0.6 is 11.6 Å². The van der Waals surface area contributed by atoms with E-state index in [0.717, 1.165) is 0 Å². The molecule has 9 heteroatoms. The molecule has 4 heterocycles. The summed E-state index contributed by atoms with van der Waals surface area (Å²) in [6.45, 7) is 2.47. The Kier molecular flexibility index (Phi) is 4.01. The van der Waals surface area contributed by atoms with Crippen molar-refractivity contribution < 1.29 is 9.84 Å². The lowest BCUT2D eigenvalue weighted by Crippen LogP contribution is -2.37. The number of fused-ring (bicyclic) bond motifs is 1. The van der Waals surface area contributed by atoms with E-state index in [4.69, 9.17) is 16.3 Å². The molecule has 0 radical (unpaired) electrons. The van der Waals surface area contributed by atoms with Gasteiger partial charge in [0.2, 0.25) is 5.95 Å². The number of pyridine rings is 1. The molecule has 1 N–H and O–H groups in total. The maximum Gasteiger partial charge on any atom is 0.237 e. The largest absolute Gasteiger partial charge is 0.390 e. The van der Waals surface area contributed by atoms with E-state index in [1.807, 2.05) is 0 Å². The van der Waals surface area contributed by atoms with E-state index in [2.05, 4.69) is 24.8 Å². The molecule has 0 unspecified atom stereocenters. The second kappa shape index (κ2) is 6.31. The van der Waals surface area contributed by atoms with Gasteiger partial charge in [-0.3, -0.25) is 4.57 Å². The number of aliphatic hydroxyl groups excluding tert-OH is 1. The highest BCUT2D eigenvalue weighted by Crippen LogP contribution is 2.29. The Hall–Kier alpha value is -2.29. The Morgan fingerprint density at radius 2 is 2.00 bits per heavy atom. The fourth-order valence-electron chi connectivity index (χ4n) is 2.66. The number of hydrogen-bond acceptors (Lipinski definition) is 7. The van der Waals surface area contributed by atoms with Crippen LogP contribution in [-0.2, 0) is 11.3 Å². The molecular weight excluding hydrogens is 332 g/mol. The van der Waals surface area contributed by atoms with E-state index in [-0.39, 0.29) is 6.61 Å². The summed E-state index contributed by atoms with van der Waals surface area (Å²) in [5, 5.41) is 9.85. The van der Waals surface area contributed by atoms with E-state index < -0.39 is 0 Å². The van der Waals surface area contributed by atoms with Crippen LogP contribution in [0.3, 0.4) is 0 Å². The third-order valence-corrected chi connectivity index (χ3v) is 4.12. The Balaban J connectivity index is 1.96. The van der Waals surface area contributed by atoms with Gasteiger partial charge in [0.15, 0.2) is 5.82 Å². The average molecular weight is 347 g/mol. The summed E-state index contributed by atoms with van der Waals surface area (Å²) < 4.78 is 7.14. The molecule has 1 aliphatic rings. The maximum absolute atomic E-state index is 9.42. The van der Waals surface area contributed by atoms with E-state index in [1.165, 1.54) is 0 Å². The number of nitrogens with zero attached hydrogens (tertiary/aromatic N) is 6. The molecule has 0 aliphatic carbocycles. The lowest BCUT2D eigenvalue weighted by Gasteiger charge is -2.28. The molecule has 0 saturated carbocycles. The van der Waals surface area contributed by atoms with E-state index in [9.17, 15) is 5.11 Å². The molecule has 0 aromatic carbocycles. The van der Waals surface area contributed by atoms with Crippen molar-refractivity contribution in [3.63, 3.8) is 0 Å². The van der Waals surface area contributed by atoms with Crippen LogP contribution in [0.1, 0.15) is 5.69 Å². The molecule has 0 bridgehead atoms. The normalized spacial score (nSPS) is 15.2. The Labute approximate surface area is 142 Å². The summed E-state index contributed by atoms with van der Waals surface area (Å²) in [5.41, 5.74) is 1.62. The Morgan fingerprint density at radius 3 is 2.71 bits per heavy atom. The van der Waals surface area contributed by atoms with Crippen LogP contribution in [0.2, 0.25) is 5.02 Å². The molecule has 0 amide bonds. The molecule has 124 valence electrons. The van der Waals surface area contributed by atoms with Crippen molar-refractivity contribution in [3.05, 3.63) is 35.5 Å². The van der Waals surface area contributed by atoms with Crippen molar-refractivity contribution in [1.29, 1.82) is 0 Å². The number of hydrogen-bond donors (Lipinski definition) is 1. The van der Waals surface area contributed by atoms with Crippen LogP contribution in [-0.4, -0.2) is 55.9 Å². The molecule has 4 rings (SSSR count). The predicted octanol–water partition coefficient (Wildman–Crippen LogP) is 1.19. The van der Waals surface area contributed by atoms with Gasteiger partial charge in [-0.05, 0) is 6.07 Å². The van der Waals surface area contributed by atoms with Crippen molar-refractivity contribution >= 4 is 28.5 Å². The van der Waals surface area contributed by atoms with Gasteiger partial charge in [0.1, 0.15) is 17.4 Å². The lowest BCUT2D eigenvalue weighted by molar-refractivity contribution is 0.122. The highest BCUT2D eigenvalue weighted by Gasteiger charge is 2.21. The van der Waals surface area contributed by atoms with Crippen LogP contribution in [0.4, 0.5) is 5.82 Å². The van der Waals surface area contributed by atoms with E-state index in [0.29, 0.717) is 59.8 Å². The number of imidazole rings is 1. The molecule has 1 fully saturated rings. The molecular formula is C15H15ClN6O2. The quantitative estimate of drug-likeness (QED) is 0.762. The summed E-state index contributed by atoms with van der Waals surface area (Å²) in [7, 11) is 0. The third-order valence-electron chi connectivity index (χ3n) is 3.84. The SMILES string of the molecule is OCc1cc(Cl)c2nc(-n3ccnc3)nc(N3CCOCC3)c2n1. The minimum atomic E-state index is -0.193. The fraction of sp³-hybridized carbons (Fsp3) is 0.333. The van der Waals surface area contributed by atoms with Crippen molar-refractivity contribution in [2.24, 2.45) is 0 Å². The van der Waals surface area contributed by atoms with Gasteiger partial charge in [-0.1, -0.05) is 11.6 Å². The van der Waals surface area contributed by atoms with Gasteiger partial charge in [0.25, 0.3) is 0 Å². The Morgan fingerprint density at radius 1 is 1.17 bits per heavy atom. The zero-order chi connectivity index (χ0) is 16.5. The Bertz CT molecular complexity index is 864. The number of rotatable bonds is 3. The van der Waals surface area contributed by atoms with E-state index >= 15 is 0 Å². The minimum absolute atomic E-state index is 0.193. The van der Waals surface area contributed by atoms with Gasteiger partial charge >= 0.3 is 0 Å². The van der Waals surface area contributed by atoms with Gasteiger partial charge in [-0.25, -0.2) is 15.0 Å². The first-order chi connectivity index (χ1) is 11.8. The number of aromatic nitrogens is 5. The molecule has 3 aromatic heterocycles. The van der Waals surface area contributed by atoms with Crippen molar-refractivity contribution in [2.45, 2.75) is 6.61 Å². The topological polar surface area (TPSA) is 89.2 Å². The average Bonchev–Trinajstić information content (AvgIpc) is 3.16. The molecule has 0 spiro atoms. The molecule has 1 aliphatic heterocycles. The summed E-state index contributed by atoms with van der Waals surface area (Å²) >= 11 is 6.38. The summed E-state index contributed by atoms with van der Waals surface area (Å²) in [4.78, 5) is 19.8. The molecule has 3 aromatic rings. The zero-order valence-electron chi connectivity index (χ0n) is 12.8. The smallest absolute Gasteiger partial charge is 0.237 e. The lowest BCUT2D eigenvalue weighted by atomic mass is 10.2. The highest BCUT2D eigenvalue weighted by atomic mass is 35.5. The first kappa shape index (κ1) is 15.3. The monoisotopic (exact) mass is 346 g/mol. The predicted molar refractivity (Wildman–Crippen MR) is 88.4 cm³/mol. The van der Waals surface area contributed by atoms with Gasteiger partial charge in [-0.2, -0.15) is 4.98 Å². The summed E-state index contributed by atoms with van der Waals surface area (Å²) in [5.74, 6) is 1.16. The van der Waals surface area contributed by atoms with Crippen LogP contribution in [0.15, 0.2) is 24.8 Å². The second-order valence-electron chi connectivity index (χ2n) is 5.37. The van der Waals surface area contributed by atoms with Crippen LogP contribution in [0.5, 0.6) is 0 Å². The molecule has 0 atom stereocenters. The second-order valence-corrected chi connectivity index (χ2v) is 5.77. The summed E-state index contributed by atoms with van der Waals surface area (Å²) in [6.07, 6.45) is 5.07. The fourth-order valence-corrected chi connectivity index (χ4v) is 2.92. The zero-order valence-corrected chi connectivity index (χ0v) is 13.5. The number of halogens is 1. The van der Waals surface area contributed by atoms with Crippen LogP contribution in [0.25, 0.3) is 17.0 Å².